The predicted octanol–water partition coefficient (Wildman–Crippen LogP) is -3.41. The number of aliphatic hydroxyl groups is 2. The summed E-state index contributed by atoms with van der Waals surface area (Å²) in [5.41, 5.74) is -5.60. The zero-order valence-electron chi connectivity index (χ0n) is 57.5. The molecule has 8 atom stereocenters. The highest BCUT2D eigenvalue weighted by molar-refractivity contribution is 6.04. The number of nitrogens with zero attached hydrogens (tertiary/aromatic N) is 10. The van der Waals surface area contributed by atoms with E-state index in [9.17, 15) is 78.0 Å². The number of methoxy groups -OCH3 is 2. The average molecular weight is 1430 g/mol. The summed E-state index contributed by atoms with van der Waals surface area (Å²) in [5, 5.41) is 64.1. The summed E-state index contributed by atoms with van der Waals surface area (Å²) in [6.45, 7) is 0.0139. The van der Waals surface area contributed by atoms with Crippen molar-refractivity contribution in [3.05, 3.63) is 59.9 Å². The fraction of sp³-hybridized carbons (Fsp3) is 0.469. The number of esters is 4. The molecule has 38 nitrogen and oxygen atoms in total. The van der Waals surface area contributed by atoms with Crippen molar-refractivity contribution in [3.63, 3.8) is 0 Å². The minimum absolute atomic E-state index is 0.137. The molecule has 4 aromatic rings. The van der Waals surface area contributed by atoms with Crippen molar-refractivity contribution in [1.29, 1.82) is 0 Å². The van der Waals surface area contributed by atoms with E-state index in [-0.39, 0.29) is 23.9 Å². The van der Waals surface area contributed by atoms with E-state index in [1.807, 2.05) is 0 Å². The van der Waals surface area contributed by atoms with Crippen LogP contribution in [-0.2, 0) is 76.5 Å². The van der Waals surface area contributed by atoms with Gasteiger partial charge < -0.3 is 89.7 Å². The number of likely N-dealkylation sites (N-methyl/N-ethyl adjacent to an activating group) is 4. The van der Waals surface area contributed by atoms with E-state index in [2.05, 4.69) is 41.4 Å². The first-order chi connectivity index (χ1) is 47.8. The van der Waals surface area contributed by atoms with Crippen LogP contribution in [0.3, 0.4) is 0 Å². The Morgan fingerprint density at radius 1 is 0.549 bits per heavy atom. The van der Waals surface area contributed by atoms with Gasteiger partial charge in [0.1, 0.15) is 60.5 Å². The molecule has 5 heterocycles. The van der Waals surface area contributed by atoms with Gasteiger partial charge in [0.15, 0.2) is 35.6 Å². The van der Waals surface area contributed by atoms with Gasteiger partial charge in [0.2, 0.25) is 35.4 Å². The Morgan fingerprint density at radius 2 is 0.902 bits per heavy atom. The Morgan fingerprint density at radius 3 is 1.23 bits per heavy atom. The zero-order valence-corrected chi connectivity index (χ0v) is 57.5. The molecule has 2 aromatic heterocycles. The van der Waals surface area contributed by atoms with Gasteiger partial charge >= 0.3 is 23.9 Å². The van der Waals surface area contributed by atoms with Crippen molar-refractivity contribution in [3.8, 4) is 23.0 Å². The number of ether oxygens (including phenoxy) is 6. The predicted molar refractivity (Wildman–Crippen MR) is 350 cm³/mol. The molecule has 8 N–H and O–H groups in total. The number of aromatic nitrogens is 2. The summed E-state index contributed by atoms with van der Waals surface area (Å²) in [7, 11) is 7.00. The van der Waals surface area contributed by atoms with Gasteiger partial charge in [0.25, 0.3) is 23.6 Å². The lowest BCUT2D eigenvalue weighted by atomic mass is 9.97. The fourth-order valence-electron chi connectivity index (χ4n) is 11.0. The van der Waals surface area contributed by atoms with Gasteiger partial charge in [-0.1, -0.05) is 0 Å². The lowest BCUT2D eigenvalue weighted by molar-refractivity contribution is -0.167. The van der Waals surface area contributed by atoms with Crippen molar-refractivity contribution in [2.75, 3.05) is 81.8 Å². The Hall–Kier alpha value is -11.7. The van der Waals surface area contributed by atoms with Crippen molar-refractivity contribution in [2.45, 2.75) is 114 Å². The van der Waals surface area contributed by atoms with Crippen LogP contribution in [0.4, 0.5) is 0 Å². The minimum atomic E-state index is -2.25. The standard InChI is InChI=1S/C64H78N14O24/c1-31(79)101-43-17-19-67-77-51(43)57(89)65-25-45(83)73(7)27-47(85)75(9)54(64(5,6)96)62(94)100-30-40(72-56(88)50-42(82)24-34-22-36(98-12)14-16-38(34)70-50)60(92)78-52(44(18-20-68-78)102-32(2)80)58(90)66-26-46(84)74(8)28-48(86)76(10)53(63(3,4)95)61(93)99-29-39(59(77)91)71-55(87)49-41(81)23-33-21-35(97-11)13-15-37(33)69-49/h13-16,19-24,39-40,43-44,51-54,81-82,95-96H,17-18,25-30H2,1-12H3,(H,65,89)(H,66,90)(H,71,87)(H,72,88). The second-order valence-corrected chi connectivity index (χ2v) is 24.8. The number of rotatable bonds is 10. The Kier molecular flexibility index (Phi) is 24.8. The van der Waals surface area contributed by atoms with E-state index >= 15 is 9.59 Å². The Labute approximate surface area is 581 Å². The van der Waals surface area contributed by atoms with Crippen LogP contribution in [0.5, 0.6) is 23.0 Å². The van der Waals surface area contributed by atoms with Crippen molar-refractivity contribution < 1.29 is 116 Å². The number of hydrazone groups is 2. The third-order valence-corrected chi connectivity index (χ3v) is 16.1. The number of amides is 10. The number of cyclic esters (lactones) is 2. The van der Waals surface area contributed by atoms with Crippen LogP contribution >= 0.6 is 0 Å². The summed E-state index contributed by atoms with van der Waals surface area (Å²) in [6.07, 6.45) is -1.81. The van der Waals surface area contributed by atoms with Gasteiger partial charge in [-0.15, -0.1) is 0 Å². The third-order valence-electron chi connectivity index (χ3n) is 16.1. The first-order valence-electron chi connectivity index (χ1n) is 31.2. The lowest BCUT2D eigenvalue weighted by Crippen LogP contribution is -2.62. The largest absolute Gasteiger partial charge is 0.505 e. The van der Waals surface area contributed by atoms with Gasteiger partial charge in [-0.3, -0.25) is 57.5 Å². The quantitative estimate of drug-likeness (QED) is 0.0566. The average Bonchev–Trinajstić information content (AvgIpc) is 0.825. The number of nitrogens with one attached hydrogen (secondary N) is 4. The summed E-state index contributed by atoms with van der Waals surface area (Å²) in [5.74, 6) is -17.8. The Balaban J connectivity index is 1.27. The van der Waals surface area contributed by atoms with Crippen molar-refractivity contribution in [1.82, 2.24) is 60.9 Å². The third kappa shape index (κ3) is 18.6. The first kappa shape index (κ1) is 77.6. The van der Waals surface area contributed by atoms with Gasteiger partial charge in [-0.2, -0.15) is 10.2 Å². The maximum atomic E-state index is 15.1. The smallest absolute Gasteiger partial charge is 0.331 e. The van der Waals surface area contributed by atoms with E-state index in [1.165, 1.54) is 50.6 Å². The molecule has 0 spiro atoms. The van der Waals surface area contributed by atoms with E-state index in [0.29, 0.717) is 42.1 Å². The number of carbonyl (C=O) groups is 14. The number of aromatic hydroxyl groups is 2. The van der Waals surface area contributed by atoms with E-state index in [0.717, 1.165) is 104 Å². The highest BCUT2D eigenvalue weighted by atomic mass is 16.6. The summed E-state index contributed by atoms with van der Waals surface area (Å²) in [6, 6.07) is -1.30. The number of fused-ring (bicyclic) bond motifs is 4. The molecule has 0 aliphatic carbocycles. The Bertz CT molecular complexity index is 3800. The van der Waals surface area contributed by atoms with Crippen molar-refractivity contribution >= 4 is 117 Å². The summed E-state index contributed by atoms with van der Waals surface area (Å²) >= 11 is 0. The van der Waals surface area contributed by atoms with Crippen LogP contribution < -0.4 is 30.7 Å². The molecule has 3 aliphatic heterocycles. The molecular weight excluding hydrogens is 1350 g/mol. The molecule has 0 bridgehead atoms. The zero-order chi connectivity index (χ0) is 75.6. The van der Waals surface area contributed by atoms with E-state index in [1.54, 1.807) is 0 Å². The van der Waals surface area contributed by atoms with Crippen LogP contribution in [0.25, 0.3) is 21.8 Å². The van der Waals surface area contributed by atoms with Gasteiger partial charge in [0, 0.05) is 78.1 Å². The van der Waals surface area contributed by atoms with Gasteiger partial charge in [-0.25, -0.2) is 29.6 Å². The number of pyridine rings is 2. The molecule has 38 heteroatoms. The number of hydrogen-bond acceptors (Lipinski definition) is 28. The molecule has 548 valence electrons. The van der Waals surface area contributed by atoms with Crippen LogP contribution in [0.1, 0.15) is 75.4 Å². The van der Waals surface area contributed by atoms with Crippen LogP contribution in [0.2, 0.25) is 0 Å². The van der Waals surface area contributed by atoms with E-state index in [4.69, 9.17) is 28.4 Å². The second-order valence-electron chi connectivity index (χ2n) is 24.8. The molecule has 0 saturated carbocycles. The molecular formula is C64H78N14O24. The van der Waals surface area contributed by atoms with Crippen LogP contribution in [0.15, 0.2) is 58.7 Å². The van der Waals surface area contributed by atoms with Crippen LogP contribution in [0, 0.1) is 0 Å². The maximum Gasteiger partial charge on any atom is 0.331 e. The topological polar surface area (TPSA) is 493 Å². The second kappa shape index (κ2) is 32.5. The number of hydrogen-bond donors (Lipinski definition) is 8. The van der Waals surface area contributed by atoms with Crippen LogP contribution in [-0.4, -0.2) is 297 Å². The molecule has 102 heavy (non-hydrogen) atoms. The minimum Gasteiger partial charge on any atom is -0.505 e. The molecule has 2 aromatic carbocycles. The lowest BCUT2D eigenvalue weighted by Gasteiger charge is -2.37. The maximum absolute atomic E-state index is 15.1. The number of carbonyl (C=O) groups excluding carboxylic acids is 14. The fourth-order valence-corrected chi connectivity index (χ4v) is 11.0. The first-order valence-corrected chi connectivity index (χ1v) is 31.2. The van der Waals surface area contributed by atoms with Gasteiger partial charge in [0.05, 0.1) is 62.6 Å². The van der Waals surface area contributed by atoms with Gasteiger partial charge in [-0.05, 0) is 76.2 Å². The number of benzene rings is 2. The molecule has 7 rings (SSSR count). The molecule has 10 amide bonds. The molecule has 8 unspecified atom stereocenters. The summed E-state index contributed by atoms with van der Waals surface area (Å²) in [4.78, 5) is 209. The molecule has 1 fully saturated rings. The summed E-state index contributed by atoms with van der Waals surface area (Å²) < 4.78 is 32.6. The highest BCUT2D eigenvalue weighted by Crippen LogP contribution is 2.30. The SMILES string of the molecule is COc1ccc2nc(C(=O)NC3COC(=O)C(C(C)(C)O)N(C)C(=O)CN(C)C(=O)CNC(=O)C4C(OC(C)=O)CC=NN4C(=O)C(NC(=O)c4nc5ccc(OC)cc5cc4O)COC(=O)C(C(C)(C)O)N(C)C(=O)CN(C)C(=O)CNC(=O)C4C(OC(C)=O)CC=NN4C3=O)c(O)cc2c1. The molecule has 1 saturated heterocycles. The molecule has 3 aliphatic rings. The highest BCUT2D eigenvalue weighted by Gasteiger charge is 2.48. The van der Waals surface area contributed by atoms with E-state index < -0.39 is 205 Å². The normalized spacial score (nSPS) is 22.6. The molecule has 0 radical (unpaired) electrons. The van der Waals surface area contributed by atoms with Crippen molar-refractivity contribution in [2.24, 2.45) is 10.2 Å². The monoisotopic (exact) mass is 1430 g/mol.